The largest absolute Gasteiger partial charge is 0.338 e. The summed E-state index contributed by atoms with van der Waals surface area (Å²) in [5, 5.41) is 4.03. The first kappa shape index (κ1) is 13.8. The molecule has 0 bridgehead atoms. The fourth-order valence-electron chi connectivity index (χ4n) is 2.57. The maximum absolute atomic E-state index is 11.7. The minimum absolute atomic E-state index is 0.0528. The molecule has 3 rings (SSSR count). The Morgan fingerprint density at radius 2 is 2.19 bits per heavy atom. The van der Waals surface area contributed by atoms with Crippen molar-refractivity contribution in [2.45, 2.75) is 32.2 Å². The second-order valence-electron chi connectivity index (χ2n) is 4.99. The summed E-state index contributed by atoms with van der Waals surface area (Å²) in [6.07, 6.45) is 3.00. The van der Waals surface area contributed by atoms with Crippen LogP contribution in [0.2, 0.25) is 0 Å². The molecule has 0 aliphatic heterocycles. The predicted molar refractivity (Wildman–Crippen MR) is 84.8 cm³/mol. The fraction of sp³-hybridized carbons (Fsp3) is 0.294. The Morgan fingerprint density at radius 1 is 1.38 bits per heavy atom. The Kier molecular flexibility index (Phi) is 4.03. The molecule has 2 aromatic rings. The highest BCUT2D eigenvalue weighted by Crippen LogP contribution is 2.37. The van der Waals surface area contributed by atoms with Crippen molar-refractivity contribution >= 4 is 17.2 Å². The second-order valence-corrected chi connectivity index (χ2v) is 6.02. The highest BCUT2D eigenvalue weighted by atomic mass is 32.1. The summed E-state index contributed by atoms with van der Waals surface area (Å²) < 4.78 is 0. The molecule has 1 aromatic heterocycles. The average Bonchev–Trinajstić information content (AvgIpc) is 2.94. The number of hydrogen-bond acceptors (Lipinski definition) is 3. The van der Waals surface area contributed by atoms with E-state index >= 15 is 0 Å². The van der Waals surface area contributed by atoms with Crippen molar-refractivity contribution in [2.75, 3.05) is 0 Å². The molecule has 0 radical (unpaired) electrons. The summed E-state index contributed by atoms with van der Waals surface area (Å²) in [5.41, 5.74) is 2.26. The number of fused-ring (bicyclic) bond motifs is 1. The van der Waals surface area contributed by atoms with Crippen LogP contribution < -0.4 is 5.32 Å². The predicted octanol–water partition coefficient (Wildman–Crippen LogP) is 3.33. The molecule has 1 unspecified atom stereocenters. The van der Waals surface area contributed by atoms with Crippen LogP contribution in [-0.4, -0.2) is 10.9 Å². The molecule has 1 N–H and O–H groups in total. The van der Waals surface area contributed by atoms with Crippen LogP contribution in [-0.2, 0) is 11.2 Å². The van der Waals surface area contributed by atoms with Crippen LogP contribution >= 0.6 is 11.3 Å². The van der Waals surface area contributed by atoms with E-state index in [1.54, 1.807) is 18.3 Å². The summed E-state index contributed by atoms with van der Waals surface area (Å²) in [6, 6.07) is 10.2. The molecular formula is C17H16N2OS. The molecule has 1 aliphatic rings. The van der Waals surface area contributed by atoms with Gasteiger partial charge in [-0.25, -0.2) is 4.98 Å². The van der Waals surface area contributed by atoms with E-state index in [1.165, 1.54) is 4.88 Å². The number of rotatable bonds is 2. The molecule has 0 saturated carbocycles. The van der Waals surface area contributed by atoms with E-state index in [2.05, 4.69) is 29.3 Å². The number of thiazole rings is 1. The number of benzene rings is 1. The number of nitrogens with one attached hydrogen (secondary N) is 1. The molecule has 106 valence electrons. The molecule has 0 spiro atoms. The zero-order valence-corrected chi connectivity index (χ0v) is 12.7. The van der Waals surface area contributed by atoms with E-state index < -0.39 is 0 Å². The molecule has 1 amide bonds. The summed E-state index contributed by atoms with van der Waals surface area (Å²) in [6.45, 7) is 1.67. The van der Waals surface area contributed by atoms with E-state index in [-0.39, 0.29) is 11.9 Å². The van der Waals surface area contributed by atoms with Gasteiger partial charge in [0.1, 0.15) is 5.01 Å². The highest BCUT2D eigenvalue weighted by Gasteiger charge is 2.25. The summed E-state index contributed by atoms with van der Waals surface area (Å²) in [5.74, 6) is 4.98. The van der Waals surface area contributed by atoms with E-state index in [4.69, 9.17) is 4.98 Å². The fourth-order valence-corrected chi connectivity index (χ4v) is 3.77. The Bertz CT molecular complexity index is 709. The van der Waals surface area contributed by atoms with E-state index in [1.807, 2.05) is 18.2 Å². The van der Waals surface area contributed by atoms with Crippen LogP contribution in [0.1, 0.15) is 36.4 Å². The van der Waals surface area contributed by atoms with Gasteiger partial charge in [0.25, 0.3) is 5.91 Å². The normalized spacial score (nSPS) is 16.5. The van der Waals surface area contributed by atoms with Crippen LogP contribution in [0, 0.1) is 11.8 Å². The standard InChI is InChI=1S/C17H16N2OS/c1-2-7-15(20)18-13-10-6-11-14-16(13)21-17(19-14)12-8-4-3-5-9-12/h3-5,8-9,13H,6,10-11H2,1H3,(H,18,20). The molecule has 1 aliphatic carbocycles. The smallest absolute Gasteiger partial charge is 0.296 e. The summed E-state index contributed by atoms with van der Waals surface area (Å²) in [7, 11) is 0. The van der Waals surface area contributed by atoms with Gasteiger partial charge in [0, 0.05) is 5.56 Å². The van der Waals surface area contributed by atoms with Crippen LogP contribution in [0.25, 0.3) is 10.6 Å². The van der Waals surface area contributed by atoms with Gasteiger partial charge in [0.15, 0.2) is 0 Å². The van der Waals surface area contributed by atoms with Crippen molar-refractivity contribution in [1.29, 1.82) is 0 Å². The Labute approximate surface area is 128 Å². The van der Waals surface area contributed by atoms with Gasteiger partial charge in [-0.2, -0.15) is 0 Å². The van der Waals surface area contributed by atoms with Crippen molar-refractivity contribution < 1.29 is 4.79 Å². The number of nitrogens with zero attached hydrogens (tertiary/aromatic N) is 1. The lowest BCUT2D eigenvalue weighted by atomic mass is 9.98. The minimum Gasteiger partial charge on any atom is -0.338 e. The monoisotopic (exact) mass is 296 g/mol. The van der Waals surface area contributed by atoms with Crippen LogP contribution in [0.4, 0.5) is 0 Å². The zero-order chi connectivity index (χ0) is 14.7. The number of amides is 1. The third-order valence-electron chi connectivity index (χ3n) is 3.52. The minimum atomic E-state index is -0.204. The summed E-state index contributed by atoms with van der Waals surface area (Å²) in [4.78, 5) is 17.6. The SMILES string of the molecule is CC#CC(=O)NC1CCCc2nc(-c3ccccc3)sc21. The third-order valence-corrected chi connectivity index (χ3v) is 4.78. The van der Waals surface area contributed by atoms with Crippen molar-refractivity contribution in [3.05, 3.63) is 40.9 Å². The maximum Gasteiger partial charge on any atom is 0.296 e. The second kappa shape index (κ2) is 6.11. The number of hydrogen-bond donors (Lipinski definition) is 1. The quantitative estimate of drug-likeness (QED) is 0.864. The first-order chi connectivity index (χ1) is 10.3. The zero-order valence-electron chi connectivity index (χ0n) is 11.8. The van der Waals surface area contributed by atoms with Gasteiger partial charge in [0.05, 0.1) is 16.6 Å². The lowest BCUT2D eigenvalue weighted by Crippen LogP contribution is -2.29. The average molecular weight is 296 g/mol. The number of carbonyl (C=O) groups is 1. The molecule has 4 heteroatoms. The van der Waals surface area contributed by atoms with Crippen molar-refractivity contribution in [2.24, 2.45) is 0 Å². The molecule has 1 heterocycles. The third kappa shape index (κ3) is 2.98. The van der Waals surface area contributed by atoms with Gasteiger partial charge in [-0.1, -0.05) is 36.3 Å². The van der Waals surface area contributed by atoms with Crippen molar-refractivity contribution in [1.82, 2.24) is 10.3 Å². The molecule has 0 saturated heterocycles. The topological polar surface area (TPSA) is 42.0 Å². The van der Waals surface area contributed by atoms with Crippen molar-refractivity contribution in [3.63, 3.8) is 0 Å². The molecular weight excluding hydrogens is 280 g/mol. The number of aryl methyl sites for hydroxylation is 1. The lowest BCUT2D eigenvalue weighted by molar-refractivity contribution is -0.116. The molecule has 0 fully saturated rings. The van der Waals surface area contributed by atoms with E-state index in [0.717, 1.165) is 35.5 Å². The Hall–Kier alpha value is -2.12. The van der Waals surface area contributed by atoms with Crippen LogP contribution in [0.15, 0.2) is 30.3 Å². The van der Waals surface area contributed by atoms with Gasteiger partial charge < -0.3 is 5.32 Å². The molecule has 1 atom stereocenters. The maximum atomic E-state index is 11.7. The number of aromatic nitrogens is 1. The van der Waals surface area contributed by atoms with Gasteiger partial charge in [0.2, 0.25) is 0 Å². The molecule has 3 nitrogen and oxygen atoms in total. The number of carbonyl (C=O) groups excluding carboxylic acids is 1. The van der Waals surface area contributed by atoms with E-state index in [9.17, 15) is 4.79 Å². The van der Waals surface area contributed by atoms with Gasteiger partial charge in [-0.05, 0) is 32.1 Å². The molecule has 1 aromatic carbocycles. The first-order valence-corrected chi connectivity index (χ1v) is 7.88. The Morgan fingerprint density at radius 3 is 2.95 bits per heavy atom. The Balaban J connectivity index is 1.89. The van der Waals surface area contributed by atoms with Gasteiger partial charge in [-0.3, -0.25) is 4.79 Å². The molecule has 21 heavy (non-hydrogen) atoms. The van der Waals surface area contributed by atoms with Gasteiger partial charge >= 0.3 is 0 Å². The van der Waals surface area contributed by atoms with Crippen LogP contribution in [0.3, 0.4) is 0 Å². The van der Waals surface area contributed by atoms with Crippen LogP contribution in [0.5, 0.6) is 0 Å². The van der Waals surface area contributed by atoms with E-state index in [0.29, 0.717) is 0 Å². The highest BCUT2D eigenvalue weighted by molar-refractivity contribution is 7.15. The van der Waals surface area contributed by atoms with Gasteiger partial charge in [-0.15, -0.1) is 11.3 Å². The summed E-state index contributed by atoms with van der Waals surface area (Å²) >= 11 is 1.68. The first-order valence-electron chi connectivity index (χ1n) is 7.06. The van der Waals surface area contributed by atoms with Crippen molar-refractivity contribution in [3.8, 4) is 22.4 Å². The lowest BCUT2D eigenvalue weighted by Gasteiger charge is -2.21.